The van der Waals surface area contributed by atoms with E-state index < -0.39 is 0 Å². The molecule has 0 aliphatic heterocycles. The average molecular weight is 244 g/mol. The molecular weight excluding hydrogens is 230 g/mol. The smallest absolute Gasteiger partial charge is 0.219 e. The lowest BCUT2D eigenvalue weighted by molar-refractivity contribution is -0.413. The monoisotopic (exact) mass is 244 g/mol. The summed E-state index contributed by atoms with van der Waals surface area (Å²) in [4.78, 5) is 12.1. The van der Waals surface area contributed by atoms with E-state index in [4.69, 9.17) is 4.74 Å². The Morgan fingerprint density at radius 1 is 1.17 bits per heavy atom. The molecule has 0 spiro atoms. The molecule has 2 aromatic rings. The number of aromatic hydroxyl groups is 1. The van der Waals surface area contributed by atoms with Crippen LogP contribution in [0.25, 0.3) is 0 Å². The van der Waals surface area contributed by atoms with Crippen molar-refractivity contribution >= 4 is 5.78 Å². The molecule has 0 unspecified atom stereocenters. The van der Waals surface area contributed by atoms with Gasteiger partial charge in [-0.25, -0.2) is 0 Å². The van der Waals surface area contributed by atoms with E-state index in [1.165, 1.54) is 6.07 Å². The van der Waals surface area contributed by atoms with Crippen molar-refractivity contribution in [2.24, 2.45) is 0 Å². The van der Waals surface area contributed by atoms with Crippen molar-refractivity contribution in [3.63, 3.8) is 0 Å². The van der Waals surface area contributed by atoms with Crippen LogP contribution in [0.3, 0.4) is 0 Å². The predicted molar refractivity (Wildman–Crippen MR) is 66.4 cm³/mol. The van der Waals surface area contributed by atoms with E-state index in [2.05, 4.69) is 5.73 Å². The average Bonchev–Trinajstić information content (AvgIpc) is 2.40. The Bertz CT molecular complexity index is 552. The Morgan fingerprint density at radius 2 is 1.89 bits per heavy atom. The zero-order chi connectivity index (χ0) is 13.0. The highest BCUT2D eigenvalue weighted by Crippen LogP contribution is 2.25. The lowest BCUT2D eigenvalue weighted by Crippen LogP contribution is -2.53. The van der Waals surface area contributed by atoms with Crippen molar-refractivity contribution in [1.82, 2.24) is 0 Å². The largest absolute Gasteiger partial charge is 0.507 e. The predicted octanol–water partition coefficient (Wildman–Crippen LogP) is 1.20. The number of carbonyl (C=O) groups excluding carboxylic acids is 1. The van der Waals surface area contributed by atoms with Crippen molar-refractivity contribution in [2.75, 3.05) is 6.73 Å². The van der Waals surface area contributed by atoms with Gasteiger partial charge in [-0.2, -0.15) is 0 Å². The molecule has 0 fully saturated rings. The minimum absolute atomic E-state index is 0.0881. The van der Waals surface area contributed by atoms with E-state index in [0.29, 0.717) is 11.3 Å². The maximum Gasteiger partial charge on any atom is 0.219 e. The van der Waals surface area contributed by atoms with Crippen LogP contribution in [0.1, 0.15) is 15.9 Å². The Labute approximate surface area is 105 Å². The van der Waals surface area contributed by atoms with Gasteiger partial charge in [0, 0.05) is 11.6 Å². The van der Waals surface area contributed by atoms with E-state index in [-0.39, 0.29) is 23.8 Å². The summed E-state index contributed by atoms with van der Waals surface area (Å²) in [5, 5.41) is 9.83. The van der Waals surface area contributed by atoms with Gasteiger partial charge in [-0.3, -0.25) is 4.79 Å². The van der Waals surface area contributed by atoms with Crippen LogP contribution in [0, 0.1) is 0 Å². The van der Waals surface area contributed by atoms with Crippen LogP contribution in [0.4, 0.5) is 0 Å². The maximum atomic E-state index is 12.1. The third kappa shape index (κ3) is 2.49. The van der Waals surface area contributed by atoms with Gasteiger partial charge < -0.3 is 15.6 Å². The van der Waals surface area contributed by atoms with Crippen molar-refractivity contribution in [2.45, 2.75) is 0 Å². The Kier molecular flexibility index (Phi) is 3.60. The summed E-state index contributed by atoms with van der Waals surface area (Å²) in [5.41, 5.74) is 4.35. The molecule has 92 valence electrons. The van der Waals surface area contributed by atoms with Crippen molar-refractivity contribution in [1.29, 1.82) is 0 Å². The summed E-state index contributed by atoms with van der Waals surface area (Å²) >= 11 is 0. The summed E-state index contributed by atoms with van der Waals surface area (Å²) in [6, 6.07) is 13.4. The Morgan fingerprint density at radius 3 is 2.50 bits per heavy atom. The van der Waals surface area contributed by atoms with Gasteiger partial charge in [0.25, 0.3) is 0 Å². The van der Waals surface area contributed by atoms with Gasteiger partial charge in [0.2, 0.25) is 6.73 Å². The van der Waals surface area contributed by atoms with E-state index >= 15 is 0 Å². The van der Waals surface area contributed by atoms with Crippen LogP contribution in [0.5, 0.6) is 11.5 Å². The molecule has 0 aliphatic carbocycles. The number of hydrogen-bond acceptors (Lipinski definition) is 3. The summed E-state index contributed by atoms with van der Waals surface area (Å²) in [7, 11) is 0. The Balaban J connectivity index is 2.32. The van der Waals surface area contributed by atoms with E-state index in [1.54, 1.807) is 36.4 Å². The quantitative estimate of drug-likeness (QED) is 0.627. The van der Waals surface area contributed by atoms with Gasteiger partial charge in [0.1, 0.15) is 11.5 Å². The molecule has 0 heterocycles. The van der Waals surface area contributed by atoms with Crippen LogP contribution >= 0.6 is 0 Å². The van der Waals surface area contributed by atoms with E-state index in [1.807, 2.05) is 6.07 Å². The van der Waals surface area contributed by atoms with Crippen molar-refractivity contribution in [3.05, 3.63) is 59.7 Å². The van der Waals surface area contributed by atoms with Gasteiger partial charge in [-0.15, -0.1) is 0 Å². The third-order valence-electron chi connectivity index (χ3n) is 2.52. The number of quaternary nitrogens is 1. The summed E-state index contributed by atoms with van der Waals surface area (Å²) in [6.07, 6.45) is 0. The molecule has 4 heteroatoms. The molecule has 2 aromatic carbocycles. The number of phenolic OH excluding ortho intramolecular Hbond substituents is 1. The van der Waals surface area contributed by atoms with Gasteiger partial charge in [-0.05, 0) is 12.1 Å². The fourth-order valence-corrected chi connectivity index (χ4v) is 1.66. The molecule has 0 aliphatic rings. The first-order chi connectivity index (χ1) is 8.72. The zero-order valence-corrected chi connectivity index (χ0v) is 9.80. The van der Waals surface area contributed by atoms with Crippen LogP contribution in [0.2, 0.25) is 0 Å². The molecule has 0 saturated heterocycles. The highest BCUT2D eigenvalue weighted by Gasteiger charge is 2.13. The lowest BCUT2D eigenvalue weighted by atomic mass is 10.0. The van der Waals surface area contributed by atoms with Crippen molar-refractivity contribution < 1.29 is 20.4 Å². The number of hydrogen-bond donors (Lipinski definition) is 2. The molecule has 4 nitrogen and oxygen atoms in total. The van der Waals surface area contributed by atoms with Crippen LogP contribution in [0.15, 0.2) is 48.5 Å². The molecule has 0 bridgehead atoms. The lowest BCUT2D eigenvalue weighted by Gasteiger charge is -2.06. The van der Waals surface area contributed by atoms with Crippen molar-refractivity contribution in [3.8, 4) is 11.5 Å². The van der Waals surface area contributed by atoms with Crippen LogP contribution < -0.4 is 10.5 Å². The second kappa shape index (κ2) is 5.33. The minimum atomic E-state index is -0.214. The minimum Gasteiger partial charge on any atom is -0.507 e. The normalized spacial score (nSPS) is 10.1. The molecule has 0 saturated carbocycles. The molecule has 0 aromatic heterocycles. The number of ether oxygens (including phenoxy) is 1. The fourth-order valence-electron chi connectivity index (χ4n) is 1.66. The molecule has 2 rings (SSSR count). The second-order valence-electron chi connectivity index (χ2n) is 3.72. The van der Waals surface area contributed by atoms with Gasteiger partial charge in [-0.1, -0.05) is 30.3 Å². The number of benzene rings is 2. The molecule has 0 atom stereocenters. The highest BCUT2D eigenvalue weighted by molar-refractivity contribution is 6.10. The summed E-state index contributed by atoms with van der Waals surface area (Å²) < 4.78 is 5.14. The first kappa shape index (κ1) is 12.1. The highest BCUT2D eigenvalue weighted by atomic mass is 16.5. The number of ketones is 1. The Hall–Kier alpha value is -2.33. The number of phenols is 1. The zero-order valence-electron chi connectivity index (χ0n) is 9.80. The fraction of sp³-hybridized carbons (Fsp3) is 0.0714. The SMILES string of the molecule is [NH3+]COc1ccc(C(=O)c2ccccc2)c(O)c1. The number of carbonyl (C=O) groups is 1. The first-order valence-electron chi connectivity index (χ1n) is 5.57. The van der Waals surface area contributed by atoms with Gasteiger partial charge in [0.05, 0.1) is 5.56 Å². The molecular formula is C14H14NO3+. The summed E-state index contributed by atoms with van der Waals surface area (Å²) in [6.45, 7) is 0.269. The van der Waals surface area contributed by atoms with Gasteiger partial charge >= 0.3 is 0 Å². The topological polar surface area (TPSA) is 74.2 Å². The van der Waals surface area contributed by atoms with E-state index in [0.717, 1.165) is 0 Å². The first-order valence-corrected chi connectivity index (χ1v) is 5.57. The molecule has 4 N–H and O–H groups in total. The van der Waals surface area contributed by atoms with E-state index in [9.17, 15) is 9.90 Å². The standard InChI is InChI=1S/C14H13NO3/c15-9-18-11-6-7-12(13(16)8-11)14(17)10-4-2-1-3-5-10/h1-8,16H,9,15H2/p+1. The summed E-state index contributed by atoms with van der Waals surface area (Å²) in [5.74, 6) is 0.191. The molecule has 0 radical (unpaired) electrons. The second-order valence-corrected chi connectivity index (χ2v) is 3.72. The van der Waals surface area contributed by atoms with Gasteiger partial charge in [0.15, 0.2) is 5.78 Å². The maximum absolute atomic E-state index is 12.1. The molecule has 0 amide bonds. The third-order valence-corrected chi connectivity index (χ3v) is 2.52. The van der Waals surface area contributed by atoms with Crippen LogP contribution in [-0.4, -0.2) is 17.6 Å². The number of rotatable bonds is 4. The van der Waals surface area contributed by atoms with Crippen LogP contribution in [-0.2, 0) is 0 Å². The molecule has 18 heavy (non-hydrogen) atoms.